The molecule has 0 saturated carbocycles. The molecule has 1 unspecified atom stereocenters. The molecule has 146 valence electrons. The molecule has 1 fully saturated rings. The third-order valence-corrected chi connectivity index (χ3v) is 6.08. The van der Waals surface area contributed by atoms with Gasteiger partial charge in [-0.05, 0) is 67.4 Å². The van der Waals surface area contributed by atoms with Crippen LogP contribution in [0.4, 0.5) is 0 Å². The summed E-state index contributed by atoms with van der Waals surface area (Å²) in [6, 6.07) is 10.6. The molecule has 0 amide bonds. The summed E-state index contributed by atoms with van der Waals surface area (Å²) < 4.78 is 6.23. The van der Waals surface area contributed by atoms with Gasteiger partial charge in [0.15, 0.2) is 0 Å². The van der Waals surface area contributed by atoms with Crippen molar-refractivity contribution in [3.05, 3.63) is 47.3 Å². The zero-order valence-corrected chi connectivity index (χ0v) is 16.2. The van der Waals surface area contributed by atoms with Crippen LogP contribution in [0.1, 0.15) is 57.4 Å². The SMILES string of the molecule is CC1(c2nc3c(c(-c4ccccc4)c2-c2nn[nH]n2)CCCCC3)CCCO1.[HH]. The summed E-state index contributed by atoms with van der Waals surface area (Å²) in [5, 5.41) is 15.2. The lowest BCUT2D eigenvalue weighted by atomic mass is 9.84. The van der Waals surface area contributed by atoms with Crippen LogP contribution in [0, 0.1) is 0 Å². The highest BCUT2D eigenvalue weighted by atomic mass is 16.5. The van der Waals surface area contributed by atoms with Crippen LogP contribution in [0.5, 0.6) is 0 Å². The first kappa shape index (κ1) is 17.5. The summed E-state index contributed by atoms with van der Waals surface area (Å²) in [5.74, 6) is 0.602. The van der Waals surface area contributed by atoms with Gasteiger partial charge in [-0.15, -0.1) is 10.2 Å². The van der Waals surface area contributed by atoms with Gasteiger partial charge in [-0.3, -0.25) is 4.98 Å². The van der Waals surface area contributed by atoms with Crippen molar-refractivity contribution >= 4 is 0 Å². The number of hydrogen-bond acceptors (Lipinski definition) is 5. The number of aryl methyl sites for hydroxylation is 1. The van der Waals surface area contributed by atoms with Crippen molar-refractivity contribution in [3.63, 3.8) is 0 Å². The van der Waals surface area contributed by atoms with E-state index in [-0.39, 0.29) is 1.43 Å². The number of hydrogen-bond donors (Lipinski definition) is 1. The zero-order chi connectivity index (χ0) is 19.0. The number of H-pyrrole nitrogens is 1. The monoisotopic (exact) mass is 377 g/mol. The number of fused-ring (bicyclic) bond motifs is 1. The number of tetrazole rings is 1. The Morgan fingerprint density at radius 1 is 1.04 bits per heavy atom. The second-order valence-electron chi connectivity index (χ2n) is 7.98. The zero-order valence-electron chi connectivity index (χ0n) is 16.2. The molecule has 0 bridgehead atoms. The molecule has 2 aliphatic rings. The number of nitrogens with zero attached hydrogens (tertiary/aromatic N) is 4. The lowest BCUT2D eigenvalue weighted by molar-refractivity contribution is 0.0136. The molecule has 6 nitrogen and oxygen atoms in total. The Hall–Kier alpha value is -2.60. The van der Waals surface area contributed by atoms with E-state index < -0.39 is 5.60 Å². The fourth-order valence-electron chi connectivity index (χ4n) is 4.68. The van der Waals surface area contributed by atoms with E-state index in [0.29, 0.717) is 5.82 Å². The molecule has 6 heteroatoms. The number of pyridine rings is 1. The van der Waals surface area contributed by atoms with Gasteiger partial charge in [0.25, 0.3) is 0 Å². The quantitative estimate of drug-likeness (QED) is 0.682. The van der Waals surface area contributed by atoms with Gasteiger partial charge in [-0.25, -0.2) is 0 Å². The maximum atomic E-state index is 6.23. The van der Waals surface area contributed by atoms with E-state index in [1.165, 1.54) is 41.6 Å². The Morgan fingerprint density at radius 3 is 2.64 bits per heavy atom. The Kier molecular flexibility index (Phi) is 4.43. The number of benzene rings is 1. The van der Waals surface area contributed by atoms with Crippen molar-refractivity contribution < 1.29 is 6.16 Å². The predicted molar refractivity (Wildman–Crippen MR) is 109 cm³/mol. The molecule has 1 saturated heterocycles. The number of aromatic amines is 1. The highest BCUT2D eigenvalue weighted by molar-refractivity contribution is 5.85. The molecule has 1 aromatic carbocycles. The van der Waals surface area contributed by atoms with Crippen LogP contribution in [0.2, 0.25) is 0 Å². The fourth-order valence-corrected chi connectivity index (χ4v) is 4.68. The van der Waals surface area contributed by atoms with Gasteiger partial charge >= 0.3 is 0 Å². The van der Waals surface area contributed by atoms with E-state index in [1.54, 1.807) is 0 Å². The van der Waals surface area contributed by atoms with Gasteiger partial charge in [0.05, 0.1) is 11.3 Å². The lowest BCUT2D eigenvalue weighted by Crippen LogP contribution is -2.25. The molecular weight excluding hydrogens is 350 g/mol. The second-order valence-corrected chi connectivity index (χ2v) is 7.98. The highest BCUT2D eigenvalue weighted by Gasteiger charge is 2.39. The summed E-state index contributed by atoms with van der Waals surface area (Å²) >= 11 is 0. The predicted octanol–water partition coefficient (Wildman–Crippen LogP) is 4.47. The van der Waals surface area contributed by atoms with Gasteiger partial charge in [0.1, 0.15) is 5.60 Å². The molecule has 0 radical (unpaired) electrons. The van der Waals surface area contributed by atoms with Crippen molar-refractivity contribution in [3.8, 4) is 22.5 Å². The standard InChI is InChI=1S/C22H25N5O.H2/c1-22(13-8-14-28-22)20-19(21-24-26-27-25-21)18(15-9-4-2-5-10-15)16-11-6-3-7-12-17(16)23-20;/h2,4-5,9-10H,3,6-8,11-14H2,1H3,(H,24,25,26,27);1H. The third-order valence-electron chi connectivity index (χ3n) is 6.08. The minimum atomic E-state index is -0.416. The van der Waals surface area contributed by atoms with Gasteiger partial charge in [0.2, 0.25) is 5.82 Å². The molecule has 3 heterocycles. The highest BCUT2D eigenvalue weighted by Crippen LogP contribution is 2.45. The maximum Gasteiger partial charge on any atom is 0.207 e. The lowest BCUT2D eigenvalue weighted by Gasteiger charge is -2.28. The van der Waals surface area contributed by atoms with Crippen LogP contribution >= 0.6 is 0 Å². The molecule has 1 N–H and O–H groups in total. The van der Waals surface area contributed by atoms with E-state index in [0.717, 1.165) is 43.5 Å². The van der Waals surface area contributed by atoms with E-state index in [4.69, 9.17) is 9.72 Å². The molecule has 1 aliphatic carbocycles. The van der Waals surface area contributed by atoms with Crippen LogP contribution < -0.4 is 0 Å². The smallest absolute Gasteiger partial charge is 0.207 e. The number of ether oxygens (including phenoxy) is 1. The molecule has 28 heavy (non-hydrogen) atoms. The fraction of sp³-hybridized carbons (Fsp3) is 0.455. The minimum Gasteiger partial charge on any atom is -0.369 e. The van der Waals surface area contributed by atoms with Crippen LogP contribution in [-0.4, -0.2) is 32.2 Å². The van der Waals surface area contributed by atoms with Crippen molar-refractivity contribution in [1.29, 1.82) is 0 Å². The Labute approximate surface area is 166 Å². The normalized spacial score (nSPS) is 22.0. The van der Waals surface area contributed by atoms with Crippen LogP contribution in [0.15, 0.2) is 30.3 Å². The molecule has 5 rings (SSSR count). The average molecular weight is 377 g/mol. The Balaban J connectivity index is 0.00000205. The van der Waals surface area contributed by atoms with Crippen LogP contribution in [0.3, 0.4) is 0 Å². The molecule has 1 aliphatic heterocycles. The summed E-state index contributed by atoms with van der Waals surface area (Å²) in [7, 11) is 0. The van der Waals surface area contributed by atoms with Gasteiger partial charge in [0, 0.05) is 13.7 Å². The van der Waals surface area contributed by atoms with Gasteiger partial charge in [-0.1, -0.05) is 36.8 Å². The first-order valence-corrected chi connectivity index (χ1v) is 10.3. The summed E-state index contributed by atoms with van der Waals surface area (Å²) in [5.41, 5.74) is 6.48. The third kappa shape index (κ3) is 2.92. The Morgan fingerprint density at radius 2 is 1.89 bits per heavy atom. The first-order valence-electron chi connectivity index (χ1n) is 10.3. The van der Waals surface area contributed by atoms with Crippen molar-refractivity contribution in [2.45, 2.75) is 57.5 Å². The summed E-state index contributed by atoms with van der Waals surface area (Å²) in [6.45, 7) is 2.92. The van der Waals surface area contributed by atoms with Gasteiger partial charge < -0.3 is 4.74 Å². The Bertz CT molecular complexity index is 969. The van der Waals surface area contributed by atoms with Crippen LogP contribution in [0.25, 0.3) is 22.5 Å². The second kappa shape index (κ2) is 7.09. The topological polar surface area (TPSA) is 76.6 Å². The van der Waals surface area contributed by atoms with Crippen molar-refractivity contribution in [2.24, 2.45) is 0 Å². The van der Waals surface area contributed by atoms with E-state index >= 15 is 0 Å². The number of aromatic nitrogens is 5. The minimum absolute atomic E-state index is 0. The first-order chi connectivity index (χ1) is 13.8. The van der Waals surface area contributed by atoms with E-state index in [2.05, 4.69) is 57.9 Å². The number of nitrogens with one attached hydrogen (secondary N) is 1. The molecule has 2 aromatic heterocycles. The molecule has 3 aromatic rings. The number of rotatable bonds is 3. The van der Waals surface area contributed by atoms with E-state index in [9.17, 15) is 0 Å². The average Bonchev–Trinajstić information content (AvgIpc) is 3.35. The molecule has 0 spiro atoms. The summed E-state index contributed by atoms with van der Waals surface area (Å²) in [4.78, 5) is 5.22. The summed E-state index contributed by atoms with van der Waals surface area (Å²) in [6.07, 6.45) is 7.67. The van der Waals surface area contributed by atoms with Crippen LogP contribution in [-0.2, 0) is 23.2 Å². The largest absolute Gasteiger partial charge is 0.369 e. The van der Waals surface area contributed by atoms with Gasteiger partial charge in [-0.2, -0.15) is 5.21 Å². The van der Waals surface area contributed by atoms with Crippen molar-refractivity contribution in [1.82, 2.24) is 25.6 Å². The molecule has 1 atom stereocenters. The maximum absolute atomic E-state index is 6.23. The van der Waals surface area contributed by atoms with E-state index in [1.807, 2.05) is 0 Å². The molecular formula is C22H27N5O. The van der Waals surface area contributed by atoms with Crippen molar-refractivity contribution in [2.75, 3.05) is 6.61 Å².